The number of carbonyl (C=O) groups excluding carboxylic acids is 3. The van der Waals surface area contributed by atoms with Gasteiger partial charge >= 0.3 is 5.97 Å². The van der Waals surface area contributed by atoms with Crippen LogP contribution in [-0.4, -0.2) is 28.6 Å². The van der Waals surface area contributed by atoms with Crippen molar-refractivity contribution in [3.63, 3.8) is 0 Å². The zero-order valence-electron chi connectivity index (χ0n) is 15.9. The number of ether oxygens (including phenoxy) is 1. The SMILES string of the molecule is CC[C@H](C(=O)O[C@H](C)C(=O)c1[nH]c(C)c(C(C)=O)c1C)c1ccccc1. The van der Waals surface area contributed by atoms with Crippen molar-refractivity contribution in [2.24, 2.45) is 0 Å². The molecule has 2 aromatic rings. The summed E-state index contributed by atoms with van der Waals surface area (Å²) >= 11 is 0. The van der Waals surface area contributed by atoms with Crippen LogP contribution >= 0.6 is 0 Å². The summed E-state index contributed by atoms with van der Waals surface area (Å²) < 4.78 is 5.45. The number of ketones is 2. The van der Waals surface area contributed by atoms with Crippen LogP contribution in [0.3, 0.4) is 0 Å². The number of H-pyrrole nitrogens is 1. The van der Waals surface area contributed by atoms with Crippen molar-refractivity contribution >= 4 is 17.5 Å². The number of aromatic amines is 1. The topological polar surface area (TPSA) is 76.2 Å². The molecule has 0 aliphatic rings. The maximum absolute atomic E-state index is 12.7. The Kier molecular flexibility index (Phi) is 6.14. The van der Waals surface area contributed by atoms with Crippen LogP contribution in [0.4, 0.5) is 0 Å². The number of aryl methyl sites for hydroxylation is 1. The van der Waals surface area contributed by atoms with E-state index in [9.17, 15) is 14.4 Å². The highest BCUT2D eigenvalue weighted by atomic mass is 16.5. The van der Waals surface area contributed by atoms with Crippen molar-refractivity contribution < 1.29 is 19.1 Å². The molecule has 1 aromatic carbocycles. The highest BCUT2D eigenvalue weighted by Gasteiger charge is 2.28. The van der Waals surface area contributed by atoms with Crippen LogP contribution in [-0.2, 0) is 9.53 Å². The van der Waals surface area contributed by atoms with Crippen molar-refractivity contribution in [1.29, 1.82) is 0 Å². The minimum absolute atomic E-state index is 0.102. The fourth-order valence-corrected chi connectivity index (χ4v) is 3.26. The molecule has 0 radical (unpaired) electrons. The molecular weight excluding hydrogens is 330 g/mol. The quantitative estimate of drug-likeness (QED) is 0.598. The van der Waals surface area contributed by atoms with Crippen molar-refractivity contribution in [3.8, 4) is 0 Å². The summed E-state index contributed by atoms with van der Waals surface area (Å²) in [5.74, 6) is -1.28. The van der Waals surface area contributed by atoms with Crippen molar-refractivity contribution in [2.45, 2.75) is 53.1 Å². The molecular formula is C21H25NO4. The van der Waals surface area contributed by atoms with Gasteiger partial charge < -0.3 is 9.72 Å². The lowest BCUT2D eigenvalue weighted by atomic mass is 9.96. The summed E-state index contributed by atoms with van der Waals surface area (Å²) in [4.78, 5) is 40.0. The van der Waals surface area contributed by atoms with Crippen LogP contribution in [0, 0.1) is 13.8 Å². The largest absolute Gasteiger partial charge is 0.454 e. The molecule has 0 amide bonds. The van der Waals surface area contributed by atoms with E-state index in [0.717, 1.165) is 5.56 Å². The van der Waals surface area contributed by atoms with Crippen LogP contribution in [0.2, 0.25) is 0 Å². The molecule has 0 aliphatic carbocycles. The highest BCUT2D eigenvalue weighted by Crippen LogP contribution is 2.24. The summed E-state index contributed by atoms with van der Waals surface area (Å²) in [6.07, 6.45) is -0.351. The molecule has 1 aromatic heterocycles. The van der Waals surface area contributed by atoms with E-state index in [1.54, 1.807) is 20.8 Å². The lowest BCUT2D eigenvalue weighted by molar-refractivity contribution is -0.148. The van der Waals surface area contributed by atoms with Gasteiger partial charge in [0.2, 0.25) is 5.78 Å². The summed E-state index contributed by atoms with van der Waals surface area (Å²) in [5.41, 5.74) is 2.94. The van der Waals surface area contributed by atoms with Gasteiger partial charge in [-0.1, -0.05) is 37.3 Å². The summed E-state index contributed by atoms with van der Waals surface area (Å²) in [6, 6.07) is 9.37. The molecule has 0 bridgehead atoms. The highest BCUT2D eigenvalue weighted by molar-refractivity contribution is 6.05. The lowest BCUT2D eigenvalue weighted by Gasteiger charge is -2.18. The maximum Gasteiger partial charge on any atom is 0.314 e. The van der Waals surface area contributed by atoms with Gasteiger partial charge in [-0.15, -0.1) is 0 Å². The first-order valence-electron chi connectivity index (χ1n) is 8.77. The molecule has 2 atom stereocenters. The first-order chi connectivity index (χ1) is 12.3. The number of carbonyl (C=O) groups is 3. The zero-order valence-corrected chi connectivity index (χ0v) is 15.9. The van der Waals surface area contributed by atoms with Gasteiger partial charge in [0.1, 0.15) is 0 Å². The van der Waals surface area contributed by atoms with Crippen LogP contribution in [0.25, 0.3) is 0 Å². The fourth-order valence-electron chi connectivity index (χ4n) is 3.26. The number of hydrogen-bond donors (Lipinski definition) is 1. The van der Waals surface area contributed by atoms with Gasteiger partial charge in [-0.05, 0) is 45.2 Å². The fraction of sp³-hybridized carbons (Fsp3) is 0.381. The first kappa shape index (κ1) is 19.6. The molecule has 5 nitrogen and oxygen atoms in total. The molecule has 2 rings (SSSR count). The second-order valence-electron chi connectivity index (χ2n) is 6.50. The van der Waals surface area contributed by atoms with Gasteiger partial charge in [0.15, 0.2) is 11.9 Å². The van der Waals surface area contributed by atoms with E-state index >= 15 is 0 Å². The summed E-state index contributed by atoms with van der Waals surface area (Å²) in [5, 5.41) is 0. The monoisotopic (exact) mass is 355 g/mol. The first-order valence-corrected chi connectivity index (χ1v) is 8.77. The van der Waals surface area contributed by atoms with E-state index in [1.807, 2.05) is 37.3 Å². The molecule has 1 N–H and O–H groups in total. The minimum atomic E-state index is -0.933. The predicted molar refractivity (Wildman–Crippen MR) is 99.6 cm³/mol. The molecule has 0 spiro atoms. The second kappa shape index (κ2) is 8.13. The molecule has 138 valence electrons. The van der Waals surface area contributed by atoms with Gasteiger partial charge in [-0.2, -0.15) is 0 Å². The van der Waals surface area contributed by atoms with Gasteiger partial charge in [0, 0.05) is 11.3 Å². The van der Waals surface area contributed by atoms with Gasteiger partial charge in [-0.25, -0.2) is 0 Å². The predicted octanol–water partition coefficient (Wildman–Crippen LogP) is 4.14. The standard InChI is InChI=1S/C21H25NO4/c1-6-17(16-10-8-7-9-11-16)21(25)26-15(5)20(24)19-12(2)18(14(4)23)13(3)22-19/h7-11,15,17,22H,6H2,1-5H3/t15-,17+/m1/s1. The van der Waals surface area contributed by atoms with Gasteiger partial charge in [-0.3, -0.25) is 14.4 Å². The Morgan fingerprint density at radius 1 is 1.12 bits per heavy atom. The van der Waals surface area contributed by atoms with E-state index in [1.165, 1.54) is 6.92 Å². The molecule has 5 heteroatoms. The van der Waals surface area contributed by atoms with Crippen LogP contribution < -0.4 is 0 Å². The Bertz CT molecular complexity index is 820. The molecule has 0 aliphatic heterocycles. The van der Waals surface area contributed by atoms with Gasteiger partial charge in [0.05, 0.1) is 11.6 Å². The number of rotatable bonds is 7. The number of aromatic nitrogens is 1. The summed E-state index contributed by atoms with van der Waals surface area (Å²) in [6.45, 7) is 8.40. The van der Waals surface area contributed by atoms with E-state index in [4.69, 9.17) is 4.74 Å². The molecule has 0 saturated heterocycles. The normalized spacial score (nSPS) is 13.1. The molecule has 1 heterocycles. The Labute approximate surface area is 153 Å². The number of benzene rings is 1. The third-order valence-corrected chi connectivity index (χ3v) is 4.59. The van der Waals surface area contributed by atoms with Crippen LogP contribution in [0.15, 0.2) is 30.3 Å². The Morgan fingerprint density at radius 3 is 2.23 bits per heavy atom. The lowest BCUT2D eigenvalue weighted by Crippen LogP contribution is -2.28. The smallest absolute Gasteiger partial charge is 0.314 e. The number of Topliss-reactive ketones (excluding diaryl/α,β-unsaturated/α-hetero) is 2. The summed E-state index contributed by atoms with van der Waals surface area (Å²) in [7, 11) is 0. The van der Waals surface area contributed by atoms with Crippen LogP contribution in [0.1, 0.15) is 70.8 Å². The van der Waals surface area contributed by atoms with E-state index in [-0.39, 0.29) is 11.6 Å². The molecule has 0 saturated carbocycles. The van der Waals surface area contributed by atoms with E-state index in [0.29, 0.717) is 28.9 Å². The number of hydrogen-bond acceptors (Lipinski definition) is 4. The van der Waals surface area contributed by atoms with Gasteiger partial charge in [0.25, 0.3) is 0 Å². The number of nitrogens with one attached hydrogen (secondary N) is 1. The Hall–Kier alpha value is -2.69. The molecule has 0 fully saturated rings. The van der Waals surface area contributed by atoms with Crippen LogP contribution in [0.5, 0.6) is 0 Å². The molecule has 0 unspecified atom stereocenters. The Morgan fingerprint density at radius 2 is 1.73 bits per heavy atom. The van der Waals surface area contributed by atoms with Crippen molar-refractivity contribution in [1.82, 2.24) is 4.98 Å². The number of esters is 1. The zero-order chi connectivity index (χ0) is 19.4. The third-order valence-electron chi connectivity index (χ3n) is 4.59. The van der Waals surface area contributed by atoms with Crippen molar-refractivity contribution in [2.75, 3.05) is 0 Å². The third kappa shape index (κ3) is 3.93. The van der Waals surface area contributed by atoms with E-state index in [2.05, 4.69) is 4.98 Å². The van der Waals surface area contributed by atoms with Crippen molar-refractivity contribution in [3.05, 3.63) is 58.4 Å². The van der Waals surface area contributed by atoms with E-state index < -0.39 is 18.0 Å². The average molecular weight is 355 g/mol. The second-order valence-corrected chi connectivity index (χ2v) is 6.50. The average Bonchev–Trinajstić information content (AvgIpc) is 2.90. The minimum Gasteiger partial charge on any atom is -0.454 e. The molecule has 26 heavy (non-hydrogen) atoms. The Balaban J connectivity index is 2.18. The maximum atomic E-state index is 12.7.